The SMILES string of the molecule is CC(C)n1c(C2CCCC2)nc(-c2cnn(C)c2)c1N. The van der Waals surface area contributed by atoms with Crippen molar-refractivity contribution in [3.05, 3.63) is 18.2 Å². The van der Waals surface area contributed by atoms with Crippen LogP contribution in [0, 0.1) is 0 Å². The lowest BCUT2D eigenvalue weighted by Crippen LogP contribution is -2.11. The van der Waals surface area contributed by atoms with E-state index in [2.05, 4.69) is 23.5 Å². The van der Waals surface area contributed by atoms with Crippen LogP contribution in [0.15, 0.2) is 12.4 Å². The summed E-state index contributed by atoms with van der Waals surface area (Å²) in [7, 11) is 1.91. The second-order valence-electron chi connectivity index (χ2n) is 6.05. The fraction of sp³-hybridized carbons (Fsp3) is 0.600. The van der Waals surface area contributed by atoms with Gasteiger partial charge in [-0.3, -0.25) is 4.68 Å². The van der Waals surface area contributed by atoms with E-state index in [0.29, 0.717) is 12.0 Å². The molecule has 0 amide bonds. The Morgan fingerprint density at radius 3 is 2.55 bits per heavy atom. The Balaban J connectivity index is 2.10. The summed E-state index contributed by atoms with van der Waals surface area (Å²) in [6.07, 6.45) is 8.88. The van der Waals surface area contributed by atoms with Crippen molar-refractivity contribution >= 4 is 5.82 Å². The number of nitrogens with two attached hydrogens (primary N) is 1. The normalized spacial score (nSPS) is 16.4. The van der Waals surface area contributed by atoms with Crippen molar-refractivity contribution in [2.24, 2.45) is 7.05 Å². The molecule has 2 aromatic rings. The van der Waals surface area contributed by atoms with Crippen LogP contribution in [0.3, 0.4) is 0 Å². The highest BCUT2D eigenvalue weighted by Crippen LogP contribution is 2.38. The van der Waals surface area contributed by atoms with E-state index in [-0.39, 0.29) is 0 Å². The van der Waals surface area contributed by atoms with Gasteiger partial charge in [0, 0.05) is 30.8 Å². The second-order valence-corrected chi connectivity index (χ2v) is 6.05. The average molecular weight is 273 g/mol. The molecule has 5 nitrogen and oxygen atoms in total. The number of imidazole rings is 1. The molecule has 1 aliphatic rings. The fourth-order valence-electron chi connectivity index (χ4n) is 3.23. The molecule has 0 spiro atoms. The molecule has 0 atom stereocenters. The van der Waals surface area contributed by atoms with Gasteiger partial charge in [0.15, 0.2) is 0 Å². The van der Waals surface area contributed by atoms with Gasteiger partial charge in [0.2, 0.25) is 0 Å². The van der Waals surface area contributed by atoms with Crippen LogP contribution < -0.4 is 5.73 Å². The van der Waals surface area contributed by atoms with Crippen LogP contribution in [-0.4, -0.2) is 19.3 Å². The summed E-state index contributed by atoms with van der Waals surface area (Å²) in [5, 5.41) is 4.23. The summed E-state index contributed by atoms with van der Waals surface area (Å²) in [6, 6.07) is 0.337. The topological polar surface area (TPSA) is 61.7 Å². The van der Waals surface area contributed by atoms with Crippen molar-refractivity contribution in [3.8, 4) is 11.3 Å². The molecule has 2 heterocycles. The first-order valence-corrected chi connectivity index (χ1v) is 7.44. The third kappa shape index (κ3) is 2.11. The van der Waals surface area contributed by atoms with Gasteiger partial charge in [-0.25, -0.2) is 4.98 Å². The highest BCUT2D eigenvalue weighted by Gasteiger charge is 2.27. The molecular weight excluding hydrogens is 250 g/mol. The van der Waals surface area contributed by atoms with Crippen LogP contribution in [0.1, 0.15) is 57.3 Å². The maximum absolute atomic E-state index is 6.38. The number of rotatable bonds is 3. The van der Waals surface area contributed by atoms with Gasteiger partial charge in [-0.2, -0.15) is 5.10 Å². The Bertz CT molecular complexity index is 602. The molecule has 2 N–H and O–H groups in total. The van der Waals surface area contributed by atoms with Crippen molar-refractivity contribution in [1.29, 1.82) is 0 Å². The monoisotopic (exact) mass is 273 g/mol. The standard InChI is InChI=1S/C15H23N5/c1-10(2)20-14(16)13(12-8-17-19(3)9-12)18-15(20)11-6-4-5-7-11/h8-11H,4-7,16H2,1-3H3. The Morgan fingerprint density at radius 1 is 1.30 bits per heavy atom. The van der Waals surface area contributed by atoms with Gasteiger partial charge in [-0.15, -0.1) is 0 Å². The van der Waals surface area contributed by atoms with Gasteiger partial charge in [0.25, 0.3) is 0 Å². The molecule has 108 valence electrons. The minimum Gasteiger partial charge on any atom is -0.383 e. The lowest BCUT2D eigenvalue weighted by molar-refractivity contribution is 0.534. The van der Waals surface area contributed by atoms with Crippen LogP contribution in [0.25, 0.3) is 11.3 Å². The maximum Gasteiger partial charge on any atom is 0.132 e. The minimum absolute atomic E-state index is 0.337. The first-order valence-electron chi connectivity index (χ1n) is 7.44. The Hall–Kier alpha value is -1.78. The molecule has 0 radical (unpaired) electrons. The van der Waals surface area contributed by atoms with Crippen molar-refractivity contribution < 1.29 is 0 Å². The molecule has 0 saturated heterocycles. The molecule has 3 rings (SSSR count). The van der Waals surface area contributed by atoms with Crippen molar-refractivity contribution in [3.63, 3.8) is 0 Å². The van der Waals surface area contributed by atoms with Crippen LogP contribution >= 0.6 is 0 Å². The molecule has 0 aromatic carbocycles. The molecule has 0 aliphatic heterocycles. The zero-order chi connectivity index (χ0) is 14.3. The maximum atomic E-state index is 6.38. The fourth-order valence-corrected chi connectivity index (χ4v) is 3.23. The molecule has 0 unspecified atom stereocenters. The zero-order valence-electron chi connectivity index (χ0n) is 12.5. The first-order chi connectivity index (χ1) is 9.58. The number of nitrogen functional groups attached to an aromatic ring is 1. The van der Waals surface area contributed by atoms with Crippen LogP contribution in [-0.2, 0) is 7.05 Å². The summed E-state index contributed by atoms with van der Waals surface area (Å²) in [4.78, 5) is 4.88. The number of anilines is 1. The Morgan fingerprint density at radius 2 is 2.00 bits per heavy atom. The van der Waals surface area contributed by atoms with E-state index in [1.807, 2.05) is 19.4 Å². The minimum atomic E-state index is 0.337. The van der Waals surface area contributed by atoms with Crippen molar-refractivity contribution in [1.82, 2.24) is 19.3 Å². The summed E-state index contributed by atoms with van der Waals surface area (Å²) >= 11 is 0. The number of nitrogens with zero attached hydrogens (tertiary/aromatic N) is 4. The summed E-state index contributed by atoms with van der Waals surface area (Å²) in [6.45, 7) is 4.34. The summed E-state index contributed by atoms with van der Waals surface area (Å²) in [5.41, 5.74) is 8.26. The van der Waals surface area contributed by atoms with Gasteiger partial charge < -0.3 is 10.3 Å². The lowest BCUT2D eigenvalue weighted by atomic mass is 10.1. The highest BCUT2D eigenvalue weighted by atomic mass is 15.2. The van der Waals surface area contributed by atoms with Crippen LogP contribution in [0.4, 0.5) is 5.82 Å². The third-order valence-corrected chi connectivity index (χ3v) is 4.19. The van der Waals surface area contributed by atoms with Gasteiger partial charge in [-0.1, -0.05) is 12.8 Å². The molecule has 20 heavy (non-hydrogen) atoms. The summed E-state index contributed by atoms with van der Waals surface area (Å²) < 4.78 is 4.00. The van der Waals surface area contributed by atoms with Gasteiger partial charge in [-0.05, 0) is 26.7 Å². The summed E-state index contributed by atoms with van der Waals surface area (Å²) in [5.74, 6) is 2.49. The quantitative estimate of drug-likeness (QED) is 0.934. The van der Waals surface area contributed by atoms with Gasteiger partial charge in [0.05, 0.1) is 6.20 Å². The zero-order valence-corrected chi connectivity index (χ0v) is 12.5. The Kier molecular flexibility index (Phi) is 3.28. The van der Waals surface area contributed by atoms with E-state index in [1.54, 1.807) is 4.68 Å². The highest BCUT2D eigenvalue weighted by molar-refractivity contribution is 5.70. The van der Waals surface area contributed by atoms with Crippen molar-refractivity contribution in [2.45, 2.75) is 51.5 Å². The predicted molar refractivity (Wildman–Crippen MR) is 80.4 cm³/mol. The molecule has 2 aromatic heterocycles. The smallest absolute Gasteiger partial charge is 0.132 e. The van der Waals surface area contributed by atoms with Gasteiger partial charge >= 0.3 is 0 Å². The largest absolute Gasteiger partial charge is 0.383 e. The number of aryl methyl sites for hydroxylation is 1. The average Bonchev–Trinajstić information content (AvgIpc) is 3.07. The first kappa shape index (κ1) is 13.2. The lowest BCUT2D eigenvalue weighted by Gasteiger charge is -2.17. The number of aromatic nitrogens is 4. The second kappa shape index (κ2) is 4.96. The number of hydrogen-bond acceptors (Lipinski definition) is 3. The van der Waals surface area contributed by atoms with Gasteiger partial charge in [0.1, 0.15) is 17.3 Å². The third-order valence-electron chi connectivity index (χ3n) is 4.19. The molecule has 1 saturated carbocycles. The molecule has 1 aliphatic carbocycles. The predicted octanol–water partition coefficient (Wildman–Crippen LogP) is 3.10. The molecule has 0 bridgehead atoms. The molecular formula is C15H23N5. The Labute approximate surface area is 119 Å². The van der Waals surface area contributed by atoms with E-state index < -0.39 is 0 Å². The van der Waals surface area contributed by atoms with E-state index in [1.165, 1.54) is 25.7 Å². The van der Waals surface area contributed by atoms with E-state index >= 15 is 0 Å². The van der Waals surface area contributed by atoms with E-state index in [0.717, 1.165) is 22.9 Å². The van der Waals surface area contributed by atoms with E-state index in [9.17, 15) is 0 Å². The van der Waals surface area contributed by atoms with Crippen molar-refractivity contribution in [2.75, 3.05) is 5.73 Å². The molecule has 1 fully saturated rings. The number of hydrogen-bond donors (Lipinski definition) is 1. The van der Waals surface area contributed by atoms with E-state index in [4.69, 9.17) is 10.7 Å². The molecule has 5 heteroatoms. The van der Waals surface area contributed by atoms with Crippen LogP contribution in [0.2, 0.25) is 0 Å². The van der Waals surface area contributed by atoms with Crippen LogP contribution in [0.5, 0.6) is 0 Å².